The van der Waals surface area contributed by atoms with Gasteiger partial charge in [-0.3, -0.25) is 4.79 Å². The first-order chi connectivity index (χ1) is 6.20. The van der Waals surface area contributed by atoms with Crippen molar-refractivity contribution in [1.29, 1.82) is 0 Å². The first kappa shape index (κ1) is 10.3. The first-order valence-corrected chi connectivity index (χ1v) is 5.19. The largest absolute Gasteiger partial charge is 0.336 e. The molecule has 0 N–H and O–H groups in total. The Bertz CT molecular complexity index is 206. The van der Waals surface area contributed by atoms with Crippen LogP contribution in [0.1, 0.15) is 39.5 Å². The molecular formula is C11H19NO. The number of carbonyl (C=O) groups is 1. The zero-order valence-corrected chi connectivity index (χ0v) is 8.68. The number of piperidine rings is 1. The van der Waals surface area contributed by atoms with E-state index in [1.807, 2.05) is 4.90 Å². The van der Waals surface area contributed by atoms with Gasteiger partial charge < -0.3 is 4.90 Å². The van der Waals surface area contributed by atoms with Crippen LogP contribution in [0.3, 0.4) is 0 Å². The number of rotatable bonds is 3. The van der Waals surface area contributed by atoms with Crippen LogP contribution >= 0.6 is 0 Å². The minimum Gasteiger partial charge on any atom is -0.336 e. The minimum absolute atomic E-state index is 0.181. The number of hydrogen-bond acceptors (Lipinski definition) is 1. The molecule has 0 bridgehead atoms. The third-order valence-electron chi connectivity index (χ3n) is 2.82. The molecule has 0 spiro atoms. The molecule has 1 aliphatic rings. The molecule has 0 aromatic carbocycles. The molecule has 2 heteroatoms. The van der Waals surface area contributed by atoms with Crippen molar-refractivity contribution < 1.29 is 4.79 Å². The second-order valence-electron chi connectivity index (χ2n) is 3.68. The number of nitrogens with zero attached hydrogens (tertiary/aromatic N) is 1. The summed E-state index contributed by atoms with van der Waals surface area (Å²) < 4.78 is 0. The highest BCUT2D eigenvalue weighted by Gasteiger charge is 2.25. The molecule has 13 heavy (non-hydrogen) atoms. The lowest BCUT2D eigenvalue weighted by Crippen LogP contribution is -2.43. The molecule has 0 unspecified atom stereocenters. The third-order valence-corrected chi connectivity index (χ3v) is 2.82. The minimum atomic E-state index is 0.181. The molecule has 1 rings (SSSR count). The Morgan fingerprint density at radius 1 is 1.46 bits per heavy atom. The van der Waals surface area contributed by atoms with E-state index in [4.69, 9.17) is 0 Å². The summed E-state index contributed by atoms with van der Waals surface area (Å²) in [4.78, 5) is 13.7. The number of likely N-dealkylation sites (tertiary alicyclic amines) is 1. The first-order valence-electron chi connectivity index (χ1n) is 5.19. The van der Waals surface area contributed by atoms with Crippen LogP contribution in [0.2, 0.25) is 0 Å². The Kier molecular flexibility index (Phi) is 3.52. The fourth-order valence-electron chi connectivity index (χ4n) is 1.95. The summed E-state index contributed by atoms with van der Waals surface area (Å²) in [5, 5.41) is 0. The zero-order chi connectivity index (χ0) is 9.84. The second kappa shape index (κ2) is 4.45. The summed E-state index contributed by atoms with van der Waals surface area (Å²) in [7, 11) is 0. The van der Waals surface area contributed by atoms with E-state index in [0.717, 1.165) is 37.8 Å². The van der Waals surface area contributed by atoms with Gasteiger partial charge in [0, 0.05) is 18.2 Å². The van der Waals surface area contributed by atoms with Crippen molar-refractivity contribution in [3.63, 3.8) is 0 Å². The topological polar surface area (TPSA) is 20.3 Å². The van der Waals surface area contributed by atoms with E-state index in [9.17, 15) is 4.79 Å². The van der Waals surface area contributed by atoms with Gasteiger partial charge in [-0.2, -0.15) is 0 Å². The van der Waals surface area contributed by atoms with Gasteiger partial charge in [0.15, 0.2) is 0 Å². The normalized spacial score (nSPS) is 18.5. The predicted molar refractivity (Wildman–Crippen MR) is 54.5 cm³/mol. The Labute approximate surface area is 80.6 Å². The highest BCUT2D eigenvalue weighted by molar-refractivity contribution is 5.93. The van der Waals surface area contributed by atoms with Gasteiger partial charge in [0.05, 0.1) is 0 Å². The van der Waals surface area contributed by atoms with E-state index in [1.165, 1.54) is 0 Å². The molecule has 2 nitrogen and oxygen atoms in total. The maximum absolute atomic E-state index is 11.7. The highest BCUT2D eigenvalue weighted by atomic mass is 16.2. The summed E-state index contributed by atoms with van der Waals surface area (Å²) in [6, 6.07) is 0.421. The van der Waals surface area contributed by atoms with Crippen LogP contribution in [-0.4, -0.2) is 23.4 Å². The van der Waals surface area contributed by atoms with Gasteiger partial charge in [0.25, 0.3) is 0 Å². The SMILES string of the molecule is C=C1CCCN(C(CC)CC)C1=O. The van der Waals surface area contributed by atoms with Gasteiger partial charge in [0.1, 0.15) is 0 Å². The summed E-state index contributed by atoms with van der Waals surface area (Å²) in [6.07, 6.45) is 4.07. The Hall–Kier alpha value is -0.790. The van der Waals surface area contributed by atoms with Crippen molar-refractivity contribution in [2.75, 3.05) is 6.54 Å². The number of amides is 1. The molecule has 1 heterocycles. The molecule has 0 aromatic heterocycles. The lowest BCUT2D eigenvalue weighted by atomic mass is 10.0. The summed E-state index contributed by atoms with van der Waals surface area (Å²) in [5.74, 6) is 0.181. The van der Waals surface area contributed by atoms with Gasteiger partial charge in [0.2, 0.25) is 5.91 Å². The summed E-state index contributed by atoms with van der Waals surface area (Å²) in [6.45, 7) is 9.00. The molecule has 1 amide bonds. The number of hydrogen-bond donors (Lipinski definition) is 0. The van der Waals surface area contributed by atoms with Crippen molar-refractivity contribution in [2.24, 2.45) is 0 Å². The molecule has 1 fully saturated rings. The number of carbonyl (C=O) groups excluding carboxylic acids is 1. The standard InChI is InChI=1S/C11H19NO/c1-4-10(5-2)12-8-6-7-9(3)11(12)13/h10H,3-8H2,1-2H3. The van der Waals surface area contributed by atoms with Gasteiger partial charge in [-0.15, -0.1) is 0 Å². The molecular weight excluding hydrogens is 162 g/mol. The van der Waals surface area contributed by atoms with E-state index < -0.39 is 0 Å². The van der Waals surface area contributed by atoms with E-state index in [0.29, 0.717) is 6.04 Å². The lowest BCUT2D eigenvalue weighted by molar-refractivity contribution is -0.131. The molecule has 1 saturated heterocycles. The van der Waals surface area contributed by atoms with Crippen LogP contribution < -0.4 is 0 Å². The van der Waals surface area contributed by atoms with Crippen molar-refractivity contribution in [1.82, 2.24) is 4.90 Å². The van der Waals surface area contributed by atoms with Crippen molar-refractivity contribution >= 4 is 5.91 Å². The van der Waals surface area contributed by atoms with Crippen molar-refractivity contribution in [2.45, 2.75) is 45.6 Å². The Morgan fingerprint density at radius 2 is 2.08 bits per heavy atom. The monoisotopic (exact) mass is 181 g/mol. The molecule has 0 radical (unpaired) electrons. The fourth-order valence-corrected chi connectivity index (χ4v) is 1.95. The third kappa shape index (κ3) is 2.11. The molecule has 0 atom stereocenters. The molecule has 0 saturated carbocycles. The van der Waals surface area contributed by atoms with Gasteiger partial charge in [-0.05, 0) is 25.7 Å². The van der Waals surface area contributed by atoms with E-state index in [-0.39, 0.29) is 5.91 Å². The zero-order valence-electron chi connectivity index (χ0n) is 8.68. The summed E-state index contributed by atoms with van der Waals surface area (Å²) >= 11 is 0. The molecule has 0 aromatic rings. The van der Waals surface area contributed by atoms with Crippen LogP contribution in [0, 0.1) is 0 Å². The fraction of sp³-hybridized carbons (Fsp3) is 0.727. The molecule has 0 aliphatic carbocycles. The van der Waals surface area contributed by atoms with E-state index >= 15 is 0 Å². The average molecular weight is 181 g/mol. The van der Waals surface area contributed by atoms with E-state index in [1.54, 1.807) is 0 Å². The Balaban J connectivity index is 2.66. The smallest absolute Gasteiger partial charge is 0.249 e. The Morgan fingerprint density at radius 3 is 2.62 bits per heavy atom. The van der Waals surface area contributed by atoms with Crippen LogP contribution in [0.4, 0.5) is 0 Å². The van der Waals surface area contributed by atoms with Crippen LogP contribution in [0.5, 0.6) is 0 Å². The lowest BCUT2D eigenvalue weighted by Gasteiger charge is -2.34. The van der Waals surface area contributed by atoms with Gasteiger partial charge in [-0.1, -0.05) is 20.4 Å². The maximum atomic E-state index is 11.7. The molecule has 74 valence electrons. The summed E-state index contributed by atoms with van der Waals surface area (Å²) in [5.41, 5.74) is 0.790. The second-order valence-corrected chi connectivity index (χ2v) is 3.68. The quantitative estimate of drug-likeness (QED) is 0.612. The predicted octanol–water partition coefficient (Wildman–Crippen LogP) is 2.35. The maximum Gasteiger partial charge on any atom is 0.249 e. The van der Waals surface area contributed by atoms with Crippen LogP contribution in [0.15, 0.2) is 12.2 Å². The van der Waals surface area contributed by atoms with Crippen molar-refractivity contribution in [3.8, 4) is 0 Å². The van der Waals surface area contributed by atoms with Crippen LogP contribution in [0.25, 0.3) is 0 Å². The average Bonchev–Trinajstić information content (AvgIpc) is 2.14. The van der Waals surface area contributed by atoms with E-state index in [2.05, 4.69) is 20.4 Å². The van der Waals surface area contributed by atoms with Gasteiger partial charge >= 0.3 is 0 Å². The van der Waals surface area contributed by atoms with Gasteiger partial charge in [-0.25, -0.2) is 0 Å². The molecule has 1 aliphatic heterocycles. The van der Waals surface area contributed by atoms with Crippen molar-refractivity contribution in [3.05, 3.63) is 12.2 Å². The van der Waals surface area contributed by atoms with Crippen LogP contribution in [-0.2, 0) is 4.79 Å². The highest BCUT2D eigenvalue weighted by Crippen LogP contribution is 2.20.